The van der Waals surface area contributed by atoms with Gasteiger partial charge in [-0.3, -0.25) is 0 Å². The van der Waals surface area contributed by atoms with Crippen LogP contribution in [-0.2, 0) is 4.74 Å². The van der Waals surface area contributed by atoms with E-state index in [1.165, 1.54) is 37.7 Å². The fourth-order valence-corrected chi connectivity index (χ4v) is 5.45. The van der Waals surface area contributed by atoms with Crippen molar-refractivity contribution in [2.24, 2.45) is 11.8 Å². The van der Waals surface area contributed by atoms with Crippen LogP contribution in [0.2, 0.25) is 10.0 Å². The van der Waals surface area contributed by atoms with Crippen LogP contribution in [0.5, 0.6) is 0 Å². The predicted molar refractivity (Wildman–Crippen MR) is 95.4 cm³/mol. The molecule has 5 atom stereocenters. The predicted octanol–water partition coefficient (Wildman–Crippen LogP) is 4.98. The van der Waals surface area contributed by atoms with Crippen LogP contribution < -0.4 is 0 Å². The number of piperidine rings is 1. The standard InChI is InChI=1S/C19H25Cl2NO/c1-22-13-6-8-17(22)18(19(23-2)11-3-4-11)14(10-13)12-5-7-15(20)16(21)9-12/h5,7,9,11,13-14,17-19H,3-4,6,8,10H2,1-2H3/t13?,14-,17-,18-,19-/m1/s1. The van der Waals surface area contributed by atoms with Crippen molar-refractivity contribution in [1.82, 2.24) is 4.90 Å². The van der Waals surface area contributed by atoms with E-state index in [1.54, 1.807) is 0 Å². The van der Waals surface area contributed by atoms with E-state index in [9.17, 15) is 0 Å². The maximum Gasteiger partial charge on any atom is 0.0648 e. The summed E-state index contributed by atoms with van der Waals surface area (Å²) in [7, 11) is 4.20. The maximum absolute atomic E-state index is 6.31. The van der Waals surface area contributed by atoms with Crippen molar-refractivity contribution in [2.75, 3.05) is 14.2 Å². The highest BCUT2D eigenvalue weighted by molar-refractivity contribution is 6.42. The van der Waals surface area contributed by atoms with Crippen molar-refractivity contribution in [3.8, 4) is 0 Å². The smallest absolute Gasteiger partial charge is 0.0648 e. The van der Waals surface area contributed by atoms with E-state index < -0.39 is 0 Å². The van der Waals surface area contributed by atoms with Gasteiger partial charge in [-0.05, 0) is 68.7 Å². The van der Waals surface area contributed by atoms with Gasteiger partial charge in [-0.1, -0.05) is 29.3 Å². The molecule has 4 rings (SSSR count). The second-order valence-corrected chi connectivity index (χ2v) is 8.41. The first-order chi connectivity index (χ1) is 11.1. The molecular weight excluding hydrogens is 329 g/mol. The number of methoxy groups -OCH3 is 1. The Kier molecular flexibility index (Phi) is 4.38. The van der Waals surface area contributed by atoms with Gasteiger partial charge in [-0.15, -0.1) is 0 Å². The van der Waals surface area contributed by atoms with Crippen LogP contribution in [0, 0.1) is 11.8 Å². The quantitative estimate of drug-likeness (QED) is 0.756. The number of fused-ring (bicyclic) bond motifs is 2. The van der Waals surface area contributed by atoms with Gasteiger partial charge in [-0.2, -0.15) is 0 Å². The Morgan fingerprint density at radius 3 is 2.57 bits per heavy atom. The number of ether oxygens (including phenoxy) is 1. The number of halogens is 2. The second-order valence-electron chi connectivity index (χ2n) is 7.59. The Labute approximate surface area is 149 Å². The molecule has 2 saturated heterocycles. The number of hydrogen-bond acceptors (Lipinski definition) is 2. The Morgan fingerprint density at radius 1 is 1.13 bits per heavy atom. The summed E-state index contributed by atoms with van der Waals surface area (Å²) in [4.78, 5) is 2.62. The van der Waals surface area contributed by atoms with Crippen molar-refractivity contribution in [2.45, 2.75) is 56.2 Å². The molecule has 0 spiro atoms. The number of hydrogen-bond donors (Lipinski definition) is 0. The van der Waals surface area contributed by atoms with E-state index in [1.807, 2.05) is 13.2 Å². The van der Waals surface area contributed by atoms with E-state index in [0.29, 0.717) is 40.1 Å². The monoisotopic (exact) mass is 353 g/mol. The van der Waals surface area contributed by atoms with Gasteiger partial charge in [0.2, 0.25) is 0 Å². The van der Waals surface area contributed by atoms with Crippen LogP contribution in [0.25, 0.3) is 0 Å². The van der Waals surface area contributed by atoms with Crippen molar-refractivity contribution in [3.05, 3.63) is 33.8 Å². The summed E-state index contributed by atoms with van der Waals surface area (Å²) in [6.45, 7) is 0. The lowest BCUT2D eigenvalue weighted by atomic mass is 9.72. The lowest BCUT2D eigenvalue weighted by Gasteiger charge is -2.46. The van der Waals surface area contributed by atoms with Crippen molar-refractivity contribution >= 4 is 23.2 Å². The van der Waals surface area contributed by atoms with Crippen LogP contribution in [0.3, 0.4) is 0 Å². The average Bonchev–Trinajstić information content (AvgIpc) is 3.33. The molecule has 3 fully saturated rings. The lowest BCUT2D eigenvalue weighted by Crippen LogP contribution is -2.51. The minimum atomic E-state index is 0.376. The normalized spacial score (nSPS) is 35.5. The zero-order valence-corrected chi connectivity index (χ0v) is 15.4. The Morgan fingerprint density at radius 2 is 1.91 bits per heavy atom. The molecule has 4 heteroatoms. The van der Waals surface area contributed by atoms with Gasteiger partial charge in [0, 0.05) is 25.1 Å². The zero-order chi connectivity index (χ0) is 16.1. The molecule has 0 aromatic heterocycles. The highest BCUT2D eigenvalue weighted by Gasteiger charge is 2.52. The van der Waals surface area contributed by atoms with Gasteiger partial charge < -0.3 is 9.64 Å². The van der Waals surface area contributed by atoms with Crippen LogP contribution in [0.4, 0.5) is 0 Å². The van der Waals surface area contributed by atoms with Crippen molar-refractivity contribution in [1.29, 1.82) is 0 Å². The Hall–Kier alpha value is -0.280. The van der Waals surface area contributed by atoms with Crippen LogP contribution in [0.15, 0.2) is 18.2 Å². The first-order valence-corrected chi connectivity index (χ1v) is 9.55. The summed E-state index contributed by atoms with van der Waals surface area (Å²) < 4.78 is 6.03. The molecule has 1 aromatic carbocycles. The fourth-order valence-electron chi connectivity index (χ4n) is 5.15. The summed E-state index contributed by atoms with van der Waals surface area (Å²) in [6, 6.07) is 7.56. The highest BCUT2D eigenvalue weighted by Crippen LogP contribution is 2.52. The van der Waals surface area contributed by atoms with Gasteiger partial charge >= 0.3 is 0 Å². The topological polar surface area (TPSA) is 12.5 Å². The van der Waals surface area contributed by atoms with Gasteiger partial charge in [-0.25, -0.2) is 0 Å². The minimum Gasteiger partial charge on any atom is -0.381 e. The molecule has 0 N–H and O–H groups in total. The molecule has 0 radical (unpaired) electrons. The van der Waals surface area contributed by atoms with Crippen LogP contribution in [-0.4, -0.2) is 37.2 Å². The number of nitrogens with zero attached hydrogens (tertiary/aromatic N) is 1. The summed E-state index contributed by atoms with van der Waals surface area (Å²) in [6.07, 6.45) is 6.85. The zero-order valence-electron chi connectivity index (χ0n) is 13.8. The fraction of sp³-hybridized carbons (Fsp3) is 0.684. The minimum absolute atomic E-state index is 0.376. The Balaban J connectivity index is 1.71. The number of benzene rings is 1. The molecule has 1 unspecified atom stereocenters. The summed E-state index contributed by atoms with van der Waals surface area (Å²) in [5.74, 6) is 1.85. The molecule has 2 aliphatic heterocycles. The third-order valence-electron chi connectivity index (χ3n) is 6.44. The van der Waals surface area contributed by atoms with E-state index in [2.05, 4.69) is 24.1 Å². The molecule has 2 nitrogen and oxygen atoms in total. The van der Waals surface area contributed by atoms with Gasteiger partial charge in [0.25, 0.3) is 0 Å². The first kappa shape index (κ1) is 16.2. The summed E-state index contributed by atoms with van der Waals surface area (Å²) >= 11 is 12.4. The molecule has 126 valence electrons. The molecule has 2 bridgehead atoms. The molecule has 3 aliphatic rings. The number of rotatable bonds is 4. The molecule has 1 aliphatic carbocycles. The highest BCUT2D eigenvalue weighted by atomic mass is 35.5. The Bertz CT molecular complexity index is 587. The van der Waals surface area contributed by atoms with E-state index >= 15 is 0 Å². The molecular formula is C19H25Cl2NO. The molecule has 2 heterocycles. The first-order valence-electron chi connectivity index (χ1n) is 8.80. The maximum atomic E-state index is 6.31. The SMILES string of the molecule is CO[C@H](C1CC1)[C@@H]1[C@@H](c2ccc(Cl)c(Cl)c2)CC2CC[C@H]1N2C. The molecule has 1 saturated carbocycles. The van der Waals surface area contributed by atoms with Gasteiger partial charge in [0.05, 0.1) is 16.1 Å². The van der Waals surface area contributed by atoms with Crippen molar-refractivity contribution in [3.63, 3.8) is 0 Å². The largest absolute Gasteiger partial charge is 0.381 e. The second kappa shape index (κ2) is 6.22. The van der Waals surface area contributed by atoms with E-state index in [4.69, 9.17) is 27.9 Å². The molecule has 23 heavy (non-hydrogen) atoms. The van der Waals surface area contributed by atoms with Crippen molar-refractivity contribution < 1.29 is 4.74 Å². The molecule has 1 aromatic rings. The van der Waals surface area contributed by atoms with Crippen LogP contribution >= 0.6 is 23.2 Å². The van der Waals surface area contributed by atoms with Crippen LogP contribution in [0.1, 0.15) is 43.6 Å². The van der Waals surface area contributed by atoms with Gasteiger partial charge in [0.1, 0.15) is 0 Å². The third-order valence-corrected chi connectivity index (χ3v) is 7.18. The van der Waals surface area contributed by atoms with Gasteiger partial charge in [0.15, 0.2) is 0 Å². The van der Waals surface area contributed by atoms with E-state index in [-0.39, 0.29) is 0 Å². The average molecular weight is 354 g/mol. The summed E-state index contributed by atoms with van der Waals surface area (Å²) in [5, 5.41) is 1.32. The molecule has 0 amide bonds. The lowest BCUT2D eigenvalue weighted by molar-refractivity contribution is -0.0320. The third kappa shape index (κ3) is 2.82. The van der Waals surface area contributed by atoms with E-state index in [0.717, 1.165) is 5.92 Å². The summed E-state index contributed by atoms with van der Waals surface area (Å²) in [5.41, 5.74) is 1.34.